The summed E-state index contributed by atoms with van der Waals surface area (Å²) in [6, 6.07) is 21.5. The number of hydrogen-bond acceptors (Lipinski definition) is 7. The van der Waals surface area contributed by atoms with Crippen molar-refractivity contribution in [2.24, 2.45) is 0 Å². The highest BCUT2D eigenvalue weighted by atomic mass is 16.5. The maximum absolute atomic E-state index is 11.5. The molecule has 186 valence electrons. The van der Waals surface area contributed by atoms with E-state index < -0.39 is 18.2 Å². The van der Waals surface area contributed by atoms with Crippen LogP contribution in [-0.4, -0.2) is 34.9 Å². The molecule has 0 aliphatic rings. The minimum atomic E-state index is -1.51. The van der Waals surface area contributed by atoms with Gasteiger partial charge in [-0.25, -0.2) is 9.78 Å². The van der Waals surface area contributed by atoms with Gasteiger partial charge in [0.15, 0.2) is 6.61 Å². The average Bonchev–Trinajstić information content (AvgIpc) is 3.27. The lowest BCUT2D eigenvalue weighted by molar-refractivity contribution is -0.139. The van der Waals surface area contributed by atoms with Crippen molar-refractivity contribution in [3.63, 3.8) is 0 Å². The first-order valence-corrected chi connectivity index (χ1v) is 11.3. The number of aromatic nitrogens is 1. The summed E-state index contributed by atoms with van der Waals surface area (Å²) in [5.41, 5.74) is 0.966. The summed E-state index contributed by atoms with van der Waals surface area (Å²) in [5.74, 6) is 1.27. The zero-order valence-electron chi connectivity index (χ0n) is 20.2. The summed E-state index contributed by atoms with van der Waals surface area (Å²) in [7, 11) is 1.49. The van der Waals surface area contributed by atoms with Crippen LogP contribution in [0.5, 0.6) is 17.2 Å². The number of oxazole rings is 1. The highest BCUT2D eigenvalue weighted by Gasteiger charge is 2.30. The fourth-order valence-corrected chi connectivity index (χ4v) is 3.75. The van der Waals surface area contributed by atoms with Crippen LogP contribution in [0.3, 0.4) is 0 Å². The molecule has 8 heteroatoms. The van der Waals surface area contributed by atoms with Crippen molar-refractivity contribution in [1.82, 2.24) is 4.98 Å². The Morgan fingerprint density at radius 3 is 2.50 bits per heavy atom. The first-order chi connectivity index (χ1) is 17.3. The van der Waals surface area contributed by atoms with Gasteiger partial charge in [-0.15, -0.1) is 0 Å². The third kappa shape index (κ3) is 5.50. The van der Waals surface area contributed by atoms with Crippen LogP contribution >= 0.6 is 0 Å². The van der Waals surface area contributed by atoms with Gasteiger partial charge in [0.05, 0.1) is 7.11 Å². The van der Waals surface area contributed by atoms with Gasteiger partial charge in [0.1, 0.15) is 40.9 Å². The minimum absolute atomic E-state index is 0.184. The number of nitrogens with zero attached hydrogens (tertiary/aromatic N) is 1. The topological polar surface area (TPSA) is 111 Å². The fourth-order valence-electron chi connectivity index (χ4n) is 3.75. The van der Waals surface area contributed by atoms with Crippen molar-refractivity contribution >= 4 is 5.97 Å². The maximum atomic E-state index is 11.5. The molecule has 0 spiro atoms. The summed E-state index contributed by atoms with van der Waals surface area (Å²) in [5, 5.41) is 20.5. The molecule has 0 bridgehead atoms. The summed E-state index contributed by atoms with van der Waals surface area (Å²) in [6.45, 7) is 3.07. The Morgan fingerprint density at radius 2 is 1.78 bits per heavy atom. The molecule has 0 aliphatic heterocycles. The van der Waals surface area contributed by atoms with E-state index in [-0.39, 0.29) is 12.4 Å². The normalized spacial score (nSPS) is 12.6. The molecule has 4 rings (SSSR count). The lowest BCUT2D eigenvalue weighted by atomic mass is 9.87. The predicted molar refractivity (Wildman–Crippen MR) is 132 cm³/mol. The standard InChI is InChI=1S/C28H27NO7/c1-18-24(29-27(36-18)19-8-5-4-6-9-19)16-34-22-11-7-10-20(14-22)28(2,32)23-13-12-21(33-3)15-25(23)35-17-26(30)31/h4-15,32H,16-17H2,1-3H3,(H,30,31). The summed E-state index contributed by atoms with van der Waals surface area (Å²) < 4.78 is 22.4. The van der Waals surface area contributed by atoms with E-state index in [9.17, 15) is 9.90 Å². The number of hydrogen-bond donors (Lipinski definition) is 2. The molecule has 0 saturated heterocycles. The second kappa shape index (κ2) is 10.5. The zero-order valence-corrected chi connectivity index (χ0v) is 20.2. The molecule has 1 atom stereocenters. The van der Waals surface area contributed by atoms with Gasteiger partial charge in [-0.3, -0.25) is 0 Å². The molecule has 1 heterocycles. The Bertz CT molecular complexity index is 1350. The van der Waals surface area contributed by atoms with Crippen molar-refractivity contribution in [2.75, 3.05) is 13.7 Å². The van der Waals surface area contributed by atoms with Crippen LogP contribution in [0.2, 0.25) is 0 Å². The van der Waals surface area contributed by atoms with Gasteiger partial charge >= 0.3 is 5.97 Å². The zero-order chi connectivity index (χ0) is 25.7. The van der Waals surface area contributed by atoms with E-state index in [1.165, 1.54) is 7.11 Å². The average molecular weight is 490 g/mol. The molecular formula is C28H27NO7. The smallest absolute Gasteiger partial charge is 0.341 e. The van der Waals surface area contributed by atoms with Crippen LogP contribution in [0.1, 0.15) is 29.5 Å². The number of carboxylic acids is 1. The second-order valence-corrected chi connectivity index (χ2v) is 8.32. The monoisotopic (exact) mass is 489 g/mol. The van der Waals surface area contributed by atoms with Crippen LogP contribution in [-0.2, 0) is 17.0 Å². The molecule has 0 radical (unpaired) electrons. The van der Waals surface area contributed by atoms with Gasteiger partial charge < -0.3 is 28.8 Å². The maximum Gasteiger partial charge on any atom is 0.341 e. The first-order valence-electron chi connectivity index (χ1n) is 11.3. The van der Waals surface area contributed by atoms with Crippen molar-refractivity contribution in [3.05, 3.63) is 95.4 Å². The van der Waals surface area contributed by atoms with E-state index in [0.29, 0.717) is 40.0 Å². The third-order valence-electron chi connectivity index (χ3n) is 5.75. The highest BCUT2D eigenvalue weighted by Crippen LogP contribution is 2.38. The number of aryl methyl sites for hydroxylation is 1. The Morgan fingerprint density at radius 1 is 1.00 bits per heavy atom. The summed E-state index contributed by atoms with van der Waals surface area (Å²) in [4.78, 5) is 15.6. The Hall–Kier alpha value is -4.30. The molecule has 2 N–H and O–H groups in total. The molecule has 1 unspecified atom stereocenters. The number of ether oxygens (including phenoxy) is 3. The van der Waals surface area contributed by atoms with Gasteiger partial charge in [-0.1, -0.05) is 30.3 Å². The molecule has 1 aromatic heterocycles. The number of carboxylic acid groups (broad SMARTS) is 1. The van der Waals surface area contributed by atoms with Gasteiger partial charge in [0, 0.05) is 17.2 Å². The van der Waals surface area contributed by atoms with Crippen molar-refractivity contribution in [2.45, 2.75) is 26.1 Å². The number of aliphatic carboxylic acids is 1. The Labute approximate surface area is 208 Å². The minimum Gasteiger partial charge on any atom is -0.497 e. The largest absolute Gasteiger partial charge is 0.497 e. The molecular weight excluding hydrogens is 462 g/mol. The Kier molecular flexibility index (Phi) is 7.26. The highest BCUT2D eigenvalue weighted by molar-refractivity contribution is 5.68. The van der Waals surface area contributed by atoms with E-state index in [4.69, 9.17) is 23.7 Å². The van der Waals surface area contributed by atoms with Crippen LogP contribution in [0.4, 0.5) is 0 Å². The van der Waals surface area contributed by atoms with Crippen LogP contribution < -0.4 is 14.2 Å². The van der Waals surface area contributed by atoms with Crippen molar-refractivity contribution in [3.8, 4) is 28.7 Å². The predicted octanol–water partition coefficient (Wildman–Crippen LogP) is 4.96. The molecule has 3 aromatic carbocycles. The van der Waals surface area contributed by atoms with E-state index >= 15 is 0 Å². The lowest BCUT2D eigenvalue weighted by Gasteiger charge is -2.27. The van der Waals surface area contributed by atoms with Crippen LogP contribution in [0, 0.1) is 6.92 Å². The molecule has 8 nitrogen and oxygen atoms in total. The van der Waals surface area contributed by atoms with Crippen LogP contribution in [0.15, 0.2) is 77.2 Å². The van der Waals surface area contributed by atoms with Crippen LogP contribution in [0.25, 0.3) is 11.5 Å². The number of benzene rings is 3. The molecule has 0 fully saturated rings. The molecule has 0 aliphatic carbocycles. The Balaban J connectivity index is 1.56. The lowest BCUT2D eigenvalue weighted by Crippen LogP contribution is -2.24. The van der Waals surface area contributed by atoms with Gasteiger partial charge in [0.2, 0.25) is 5.89 Å². The molecule has 0 amide bonds. The van der Waals surface area contributed by atoms with Crippen molar-refractivity contribution < 1.29 is 33.6 Å². The van der Waals surface area contributed by atoms with E-state index in [0.717, 1.165) is 5.56 Å². The van der Waals surface area contributed by atoms with E-state index in [2.05, 4.69) is 4.98 Å². The third-order valence-corrected chi connectivity index (χ3v) is 5.75. The summed E-state index contributed by atoms with van der Waals surface area (Å²) >= 11 is 0. The fraction of sp³-hybridized carbons (Fsp3) is 0.214. The molecule has 4 aromatic rings. The van der Waals surface area contributed by atoms with E-state index in [1.54, 1.807) is 49.4 Å². The van der Waals surface area contributed by atoms with Crippen molar-refractivity contribution in [1.29, 1.82) is 0 Å². The SMILES string of the molecule is COc1ccc(C(C)(O)c2cccc(OCc3nc(-c4ccccc4)oc3C)c2)c(OCC(=O)O)c1. The quantitative estimate of drug-likeness (QED) is 0.322. The molecule has 36 heavy (non-hydrogen) atoms. The second-order valence-electron chi connectivity index (χ2n) is 8.32. The first kappa shape index (κ1) is 24.8. The number of methoxy groups -OCH3 is 1. The number of aliphatic hydroxyl groups is 1. The molecule has 0 saturated carbocycles. The van der Waals surface area contributed by atoms with Gasteiger partial charge in [0.25, 0.3) is 0 Å². The van der Waals surface area contributed by atoms with Gasteiger partial charge in [-0.05, 0) is 55.8 Å². The van der Waals surface area contributed by atoms with Gasteiger partial charge in [-0.2, -0.15) is 0 Å². The number of carbonyl (C=O) groups is 1. The van der Waals surface area contributed by atoms with E-state index in [1.807, 2.05) is 37.3 Å². The summed E-state index contributed by atoms with van der Waals surface area (Å²) in [6.07, 6.45) is 0. The number of rotatable bonds is 10.